The Morgan fingerprint density at radius 2 is 2.24 bits per heavy atom. The minimum Gasteiger partial charge on any atom is -0.385 e. The molecule has 5 N–H and O–H groups in total. The zero-order valence-electron chi connectivity index (χ0n) is 8.56. The van der Waals surface area contributed by atoms with Gasteiger partial charge in [-0.25, -0.2) is 8.78 Å². The maximum absolute atomic E-state index is 12.1. The van der Waals surface area contributed by atoms with Crippen LogP contribution in [-0.2, 0) is 0 Å². The Hall–Kier alpha value is -2.03. The van der Waals surface area contributed by atoms with Crippen LogP contribution in [0, 0.1) is 0 Å². The minimum absolute atomic E-state index is 0.0178. The Labute approximate surface area is 94.1 Å². The molecule has 0 aliphatic carbocycles. The molecule has 9 heteroatoms. The van der Waals surface area contributed by atoms with Gasteiger partial charge in [0.15, 0.2) is 5.65 Å². The van der Waals surface area contributed by atoms with E-state index in [1.54, 1.807) is 0 Å². The lowest BCUT2D eigenvalue weighted by Crippen LogP contribution is -2.27. The number of rotatable bonds is 4. The van der Waals surface area contributed by atoms with Crippen molar-refractivity contribution in [1.82, 2.24) is 20.2 Å². The van der Waals surface area contributed by atoms with Gasteiger partial charge in [0, 0.05) is 6.54 Å². The summed E-state index contributed by atoms with van der Waals surface area (Å²) in [6.07, 6.45) is -3.15. The maximum atomic E-state index is 12.1. The summed E-state index contributed by atoms with van der Waals surface area (Å²) < 4.78 is 24.2. The Kier molecular flexibility index (Phi) is 3.00. The molecule has 0 fully saturated rings. The first-order chi connectivity index (χ1) is 8.08. The molecule has 0 aromatic carbocycles. The predicted molar refractivity (Wildman–Crippen MR) is 56.6 cm³/mol. The highest BCUT2D eigenvalue weighted by atomic mass is 19.3. The number of halogens is 2. The Balaban J connectivity index is 2.20. The lowest BCUT2D eigenvalue weighted by Gasteiger charge is -2.11. The number of alkyl halides is 2. The van der Waals surface area contributed by atoms with Crippen LogP contribution >= 0.6 is 0 Å². The number of aromatic nitrogens is 4. The molecule has 1 unspecified atom stereocenters. The molecule has 2 aromatic heterocycles. The number of H-pyrrole nitrogens is 1. The van der Waals surface area contributed by atoms with Gasteiger partial charge in [-0.1, -0.05) is 0 Å². The summed E-state index contributed by atoms with van der Waals surface area (Å²) in [5.74, 6) is 0.233. The summed E-state index contributed by atoms with van der Waals surface area (Å²) in [6.45, 7) is -0.339. The SMILES string of the molecule is Nc1nc(NCC(O)C(F)F)c2cn[nH]c2n1. The van der Waals surface area contributed by atoms with E-state index in [0.717, 1.165) is 0 Å². The Morgan fingerprint density at radius 3 is 2.94 bits per heavy atom. The molecule has 0 amide bonds. The molecule has 0 spiro atoms. The summed E-state index contributed by atoms with van der Waals surface area (Å²) in [6, 6.07) is 0. The monoisotopic (exact) mass is 244 g/mol. The summed E-state index contributed by atoms with van der Waals surface area (Å²) in [4.78, 5) is 7.70. The van der Waals surface area contributed by atoms with Gasteiger partial charge in [0.2, 0.25) is 5.95 Å². The highest BCUT2D eigenvalue weighted by molar-refractivity contribution is 5.86. The van der Waals surface area contributed by atoms with E-state index in [-0.39, 0.29) is 18.3 Å². The van der Waals surface area contributed by atoms with Gasteiger partial charge in [-0.05, 0) is 0 Å². The molecule has 17 heavy (non-hydrogen) atoms. The smallest absolute Gasteiger partial charge is 0.265 e. The molecule has 2 heterocycles. The van der Waals surface area contributed by atoms with Crippen molar-refractivity contribution in [2.45, 2.75) is 12.5 Å². The number of aliphatic hydroxyl groups excluding tert-OH is 1. The van der Waals surface area contributed by atoms with Crippen molar-refractivity contribution in [2.75, 3.05) is 17.6 Å². The predicted octanol–water partition coefficient (Wildman–Crippen LogP) is -0.0270. The lowest BCUT2D eigenvalue weighted by atomic mass is 10.3. The van der Waals surface area contributed by atoms with Gasteiger partial charge in [0.1, 0.15) is 11.9 Å². The largest absolute Gasteiger partial charge is 0.385 e. The molecular formula is C8H10F2N6O. The van der Waals surface area contributed by atoms with Gasteiger partial charge < -0.3 is 16.2 Å². The van der Waals surface area contributed by atoms with Crippen molar-refractivity contribution in [2.24, 2.45) is 0 Å². The average molecular weight is 244 g/mol. The summed E-state index contributed by atoms with van der Waals surface area (Å²) in [5.41, 5.74) is 5.82. The standard InChI is InChI=1S/C8H10F2N6O/c9-5(10)4(17)2-12-6-3-1-13-16-7(3)15-8(11)14-6/h1,4-5,17H,2H2,(H4,11,12,13,14,15,16). The highest BCUT2D eigenvalue weighted by Crippen LogP contribution is 2.18. The molecule has 2 rings (SSSR count). The molecule has 2 aromatic rings. The normalized spacial score (nSPS) is 13.2. The fourth-order valence-electron chi connectivity index (χ4n) is 1.28. The lowest BCUT2D eigenvalue weighted by molar-refractivity contribution is 0.00382. The number of nitrogens with one attached hydrogen (secondary N) is 2. The first-order valence-corrected chi connectivity index (χ1v) is 4.74. The third-order valence-electron chi connectivity index (χ3n) is 2.10. The van der Waals surface area contributed by atoms with Crippen LogP contribution in [0.1, 0.15) is 0 Å². The first kappa shape index (κ1) is 11.5. The zero-order valence-corrected chi connectivity index (χ0v) is 8.56. The molecule has 7 nitrogen and oxygen atoms in total. The van der Waals surface area contributed by atoms with Crippen molar-refractivity contribution in [3.05, 3.63) is 6.20 Å². The topological polar surface area (TPSA) is 113 Å². The van der Waals surface area contributed by atoms with Gasteiger partial charge in [-0.2, -0.15) is 15.1 Å². The van der Waals surface area contributed by atoms with Crippen LogP contribution < -0.4 is 11.1 Å². The third-order valence-corrected chi connectivity index (χ3v) is 2.10. The number of hydrogen-bond donors (Lipinski definition) is 4. The summed E-state index contributed by atoms with van der Waals surface area (Å²) in [7, 11) is 0. The number of fused-ring (bicyclic) bond motifs is 1. The van der Waals surface area contributed by atoms with Gasteiger partial charge in [0.05, 0.1) is 11.6 Å². The maximum Gasteiger partial charge on any atom is 0.265 e. The fourth-order valence-corrected chi connectivity index (χ4v) is 1.28. The van der Waals surface area contributed by atoms with Gasteiger partial charge in [0.25, 0.3) is 6.43 Å². The van der Waals surface area contributed by atoms with Crippen molar-refractivity contribution in [3.8, 4) is 0 Å². The van der Waals surface area contributed by atoms with E-state index >= 15 is 0 Å². The van der Waals surface area contributed by atoms with E-state index in [2.05, 4.69) is 25.5 Å². The molecule has 0 aliphatic rings. The Morgan fingerprint density at radius 1 is 1.47 bits per heavy atom. The number of hydrogen-bond acceptors (Lipinski definition) is 6. The molecule has 0 saturated carbocycles. The van der Waals surface area contributed by atoms with Crippen LogP contribution in [0.3, 0.4) is 0 Å². The quantitative estimate of drug-likeness (QED) is 0.601. The fraction of sp³-hybridized carbons (Fsp3) is 0.375. The van der Waals surface area contributed by atoms with Crippen LogP contribution in [0.25, 0.3) is 11.0 Å². The number of aliphatic hydroxyl groups is 1. The van der Waals surface area contributed by atoms with Gasteiger partial charge >= 0.3 is 0 Å². The van der Waals surface area contributed by atoms with Crippen molar-refractivity contribution in [1.29, 1.82) is 0 Å². The zero-order chi connectivity index (χ0) is 12.4. The van der Waals surface area contributed by atoms with E-state index in [4.69, 9.17) is 10.8 Å². The molecule has 0 saturated heterocycles. The van der Waals surface area contributed by atoms with E-state index in [1.165, 1.54) is 6.20 Å². The molecule has 0 bridgehead atoms. The van der Waals surface area contributed by atoms with E-state index in [9.17, 15) is 8.78 Å². The number of nitrogens with zero attached hydrogens (tertiary/aromatic N) is 3. The molecule has 0 radical (unpaired) electrons. The first-order valence-electron chi connectivity index (χ1n) is 4.74. The average Bonchev–Trinajstić information content (AvgIpc) is 2.72. The minimum atomic E-state index is -2.82. The van der Waals surface area contributed by atoms with Crippen molar-refractivity contribution in [3.63, 3.8) is 0 Å². The number of nitrogens with two attached hydrogens (primary N) is 1. The second-order valence-electron chi connectivity index (χ2n) is 3.35. The van der Waals surface area contributed by atoms with Crippen LogP contribution in [0.4, 0.5) is 20.5 Å². The molecule has 92 valence electrons. The van der Waals surface area contributed by atoms with Crippen molar-refractivity contribution < 1.29 is 13.9 Å². The molecule has 1 atom stereocenters. The van der Waals surface area contributed by atoms with Crippen molar-refractivity contribution >= 4 is 22.8 Å². The van der Waals surface area contributed by atoms with Crippen LogP contribution in [0.2, 0.25) is 0 Å². The summed E-state index contributed by atoms with van der Waals surface area (Å²) >= 11 is 0. The van der Waals surface area contributed by atoms with E-state index in [1.807, 2.05) is 0 Å². The Bertz CT molecular complexity index is 516. The third kappa shape index (κ3) is 2.38. The summed E-state index contributed by atoms with van der Waals surface area (Å²) in [5, 5.41) is 18.4. The van der Waals surface area contributed by atoms with Crippen LogP contribution in [-0.4, -0.2) is 44.3 Å². The second-order valence-corrected chi connectivity index (χ2v) is 3.35. The second kappa shape index (κ2) is 4.45. The van der Waals surface area contributed by atoms with Gasteiger partial charge in [-0.15, -0.1) is 0 Å². The number of aromatic amines is 1. The molecule has 0 aliphatic heterocycles. The van der Waals surface area contributed by atoms with E-state index < -0.39 is 12.5 Å². The van der Waals surface area contributed by atoms with E-state index in [0.29, 0.717) is 11.0 Å². The highest BCUT2D eigenvalue weighted by Gasteiger charge is 2.17. The van der Waals surface area contributed by atoms with Crippen LogP contribution in [0.15, 0.2) is 6.20 Å². The number of nitrogen functional groups attached to an aromatic ring is 1. The van der Waals surface area contributed by atoms with Crippen LogP contribution in [0.5, 0.6) is 0 Å². The van der Waals surface area contributed by atoms with Gasteiger partial charge in [-0.3, -0.25) is 5.10 Å². The number of anilines is 2. The molecular weight excluding hydrogens is 234 g/mol.